The molecule has 14 heavy (non-hydrogen) atoms. The second-order valence-corrected chi connectivity index (χ2v) is 5.58. The summed E-state index contributed by atoms with van der Waals surface area (Å²) in [6, 6.07) is 0. The zero-order chi connectivity index (χ0) is 11.1. The van der Waals surface area contributed by atoms with Crippen LogP contribution in [0.2, 0.25) is 0 Å². The minimum Gasteiger partial charge on any atom is -0.435 e. The highest BCUT2D eigenvalue weighted by Gasteiger charge is 2.45. The predicted molar refractivity (Wildman–Crippen MR) is 53.7 cm³/mol. The smallest absolute Gasteiger partial charge is 0.313 e. The lowest BCUT2D eigenvalue weighted by Gasteiger charge is -2.44. The number of carbonyl (C=O) groups excluding carboxylic acids is 1. The van der Waals surface area contributed by atoms with Crippen LogP contribution in [-0.2, 0) is 14.3 Å². The average molecular weight is 200 g/mol. The maximum atomic E-state index is 11.6. The fourth-order valence-electron chi connectivity index (χ4n) is 1.25. The van der Waals surface area contributed by atoms with E-state index in [0.717, 1.165) is 0 Å². The van der Waals surface area contributed by atoms with Gasteiger partial charge in [0.2, 0.25) is 6.29 Å². The number of carbonyl (C=O) groups is 1. The maximum Gasteiger partial charge on any atom is 0.313 e. The van der Waals surface area contributed by atoms with E-state index in [9.17, 15) is 4.79 Å². The summed E-state index contributed by atoms with van der Waals surface area (Å²) < 4.78 is 11.0. The van der Waals surface area contributed by atoms with Crippen LogP contribution in [0.5, 0.6) is 0 Å². The SMILES string of the molecule is C[C@H]1C(=O)O[C@@H](C(C)(C)C)OC1(C)C. The van der Waals surface area contributed by atoms with Crippen LogP contribution in [0.1, 0.15) is 41.5 Å². The van der Waals surface area contributed by atoms with E-state index in [4.69, 9.17) is 9.47 Å². The summed E-state index contributed by atoms with van der Waals surface area (Å²) in [7, 11) is 0. The number of ether oxygens (including phenoxy) is 2. The Balaban J connectivity index is 2.85. The van der Waals surface area contributed by atoms with E-state index < -0.39 is 11.9 Å². The largest absolute Gasteiger partial charge is 0.435 e. The van der Waals surface area contributed by atoms with Crippen molar-refractivity contribution >= 4 is 5.97 Å². The van der Waals surface area contributed by atoms with Gasteiger partial charge in [-0.2, -0.15) is 0 Å². The third kappa shape index (κ3) is 2.08. The van der Waals surface area contributed by atoms with Gasteiger partial charge < -0.3 is 9.47 Å². The first-order valence-corrected chi connectivity index (χ1v) is 5.03. The number of hydrogen-bond acceptors (Lipinski definition) is 3. The molecule has 1 aliphatic rings. The lowest BCUT2D eigenvalue weighted by atomic mass is 9.88. The Morgan fingerprint density at radius 1 is 1.29 bits per heavy atom. The van der Waals surface area contributed by atoms with Gasteiger partial charge in [0.15, 0.2) is 0 Å². The molecule has 0 amide bonds. The fraction of sp³-hybridized carbons (Fsp3) is 0.909. The predicted octanol–water partition coefficient (Wildman–Crippen LogP) is 2.35. The zero-order valence-electron chi connectivity index (χ0n) is 9.88. The van der Waals surface area contributed by atoms with Gasteiger partial charge in [0.25, 0.3) is 0 Å². The van der Waals surface area contributed by atoms with Crippen molar-refractivity contribution in [2.45, 2.75) is 53.4 Å². The van der Waals surface area contributed by atoms with Crippen LogP contribution in [0.25, 0.3) is 0 Å². The van der Waals surface area contributed by atoms with E-state index in [2.05, 4.69) is 0 Å². The zero-order valence-corrected chi connectivity index (χ0v) is 9.88. The molecule has 3 heteroatoms. The molecule has 0 unspecified atom stereocenters. The van der Waals surface area contributed by atoms with Crippen molar-refractivity contribution in [3.8, 4) is 0 Å². The molecule has 0 aromatic heterocycles. The minimum atomic E-state index is -0.443. The van der Waals surface area contributed by atoms with Gasteiger partial charge in [-0.15, -0.1) is 0 Å². The molecule has 2 atom stereocenters. The van der Waals surface area contributed by atoms with Crippen molar-refractivity contribution in [1.82, 2.24) is 0 Å². The van der Waals surface area contributed by atoms with E-state index in [1.54, 1.807) is 0 Å². The average Bonchev–Trinajstić information content (AvgIpc) is 1.97. The minimum absolute atomic E-state index is 0.166. The molecule has 0 radical (unpaired) electrons. The van der Waals surface area contributed by atoms with Crippen molar-refractivity contribution in [3.05, 3.63) is 0 Å². The molecule has 0 aliphatic carbocycles. The first kappa shape index (κ1) is 11.5. The number of esters is 1. The Kier molecular flexibility index (Phi) is 2.65. The van der Waals surface area contributed by atoms with Gasteiger partial charge in [0.05, 0.1) is 11.5 Å². The molecule has 0 N–H and O–H groups in total. The normalized spacial score (nSPS) is 32.6. The Labute approximate surface area is 85.8 Å². The van der Waals surface area contributed by atoms with Crippen LogP contribution in [0.3, 0.4) is 0 Å². The Morgan fingerprint density at radius 2 is 1.79 bits per heavy atom. The van der Waals surface area contributed by atoms with Crippen LogP contribution < -0.4 is 0 Å². The molecule has 1 saturated heterocycles. The molecule has 0 saturated carbocycles. The Hall–Kier alpha value is -0.570. The summed E-state index contributed by atoms with van der Waals surface area (Å²) in [5.74, 6) is -0.373. The summed E-state index contributed by atoms with van der Waals surface area (Å²) in [5, 5.41) is 0. The molecule has 1 aliphatic heterocycles. The lowest BCUT2D eigenvalue weighted by Crippen LogP contribution is -2.52. The first-order valence-electron chi connectivity index (χ1n) is 5.03. The molecule has 3 nitrogen and oxygen atoms in total. The van der Waals surface area contributed by atoms with E-state index in [0.29, 0.717) is 0 Å². The molecule has 0 bridgehead atoms. The molecule has 82 valence electrons. The fourth-order valence-corrected chi connectivity index (χ4v) is 1.25. The summed E-state index contributed by atoms with van der Waals surface area (Å²) in [4.78, 5) is 11.6. The number of hydrogen-bond donors (Lipinski definition) is 0. The van der Waals surface area contributed by atoms with Crippen LogP contribution >= 0.6 is 0 Å². The number of rotatable bonds is 0. The lowest BCUT2D eigenvalue weighted by molar-refractivity contribution is -0.279. The van der Waals surface area contributed by atoms with E-state index in [-0.39, 0.29) is 17.3 Å². The molecular weight excluding hydrogens is 180 g/mol. The van der Waals surface area contributed by atoms with Gasteiger partial charge in [0, 0.05) is 5.41 Å². The van der Waals surface area contributed by atoms with Crippen LogP contribution in [0.15, 0.2) is 0 Å². The van der Waals surface area contributed by atoms with E-state index in [1.165, 1.54) is 0 Å². The van der Waals surface area contributed by atoms with Crippen molar-refractivity contribution < 1.29 is 14.3 Å². The standard InChI is InChI=1S/C11H20O3/c1-7-8(12)13-9(10(2,3)4)14-11(7,5)6/h7,9H,1-6H3/t7-,9+/m0/s1. The second kappa shape index (κ2) is 3.23. The van der Waals surface area contributed by atoms with Crippen LogP contribution in [-0.4, -0.2) is 17.9 Å². The Bertz CT molecular complexity index is 237. The van der Waals surface area contributed by atoms with Gasteiger partial charge in [-0.1, -0.05) is 20.8 Å². The Morgan fingerprint density at radius 3 is 2.14 bits per heavy atom. The highest BCUT2D eigenvalue weighted by Crippen LogP contribution is 2.36. The molecule has 1 rings (SSSR count). The molecule has 0 aromatic carbocycles. The summed E-state index contributed by atoms with van der Waals surface area (Å²) in [5.41, 5.74) is -0.611. The monoisotopic (exact) mass is 200 g/mol. The van der Waals surface area contributed by atoms with Gasteiger partial charge in [0.1, 0.15) is 0 Å². The highest BCUT2D eigenvalue weighted by atomic mass is 16.7. The van der Waals surface area contributed by atoms with Crippen molar-refractivity contribution in [3.63, 3.8) is 0 Å². The quantitative estimate of drug-likeness (QED) is 0.563. The summed E-state index contributed by atoms with van der Waals surface area (Å²) in [6.45, 7) is 11.7. The maximum absolute atomic E-state index is 11.6. The second-order valence-electron chi connectivity index (χ2n) is 5.58. The third-order valence-corrected chi connectivity index (χ3v) is 2.74. The molecule has 0 spiro atoms. The van der Waals surface area contributed by atoms with Crippen molar-refractivity contribution in [2.75, 3.05) is 0 Å². The van der Waals surface area contributed by atoms with E-state index in [1.807, 2.05) is 41.5 Å². The molecule has 1 fully saturated rings. The van der Waals surface area contributed by atoms with Gasteiger partial charge in [-0.3, -0.25) is 4.79 Å². The highest BCUT2D eigenvalue weighted by molar-refractivity contribution is 5.74. The molecule has 1 heterocycles. The van der Waals surface area contributed by atoms with Gasteiger partial charge in [-0.25, -0.2) is 0 Å². The third-order valence-electron chi connectivity index (χ3n) is 2.74. The summed E-state index contributed by atoms with van der Waals surface area (Å²) in [6.07, 6.45) is -0.443. The van der Waals surface area contributed by atoms with Gasteiger partial charge in [-0.05, 0) is 20.8 Å². The molecular formula is C11H20O3. The topological polar surface area (TPSA) is 35.5 Å². The van der Waals surface area contributed by atoms with Crippen LogP contribution in [0, 0.1) is 11.3 Å². The molecule has 0 aromatic rings. The van der Waals surface area contributed by atoms with Crippen molar-refractivity contribution in [2.24, 2.45) is 11.3 Å². The summed E-state index contributed by atoms with van der Waals surface area (Å²) >= 11 is 0. The van der Waals surface area contributed by atoms with Gasteiger partial charge >= 0.3 is 5.97 Å². The number of cyclic esters (lactones) is 1. The van der Waals surface area contributed by atoms with E-state index >= 15 is 0 Å². The van der Waals surface area contributed by atoms with Crippen LogP contribution in [0.4, 0.5) is 0 Å². The first-order chi connectivity index (χ1) is 6.14. The van der Waals surface area contributed by atoms with Crippen molar-refractivity contribution in [1.29, 1.82) is 0 Å².